The zero-order chi connectivity index (χ0) is 21.2. The number of rotatable bonds is 8. The second kappa shape index (κ2) is 11.5. The molecule has 0 aliphatic carbocycles. The maximum atomic E-state index is 12.4. The fourth-order valence-corrected chi connectivity index (χ4v) is 3.14. The summed E-state index contributed by atoms with van der Waals surface area (Å²) in [6.07, 6.45) is 2.14. The molecule has 2 aromatic rings. The molecule has 0 spiro atoms. The van der Waals surface area contributed by atoms with Gasteiger partial charge < -0.3 is 15.4 Å². The summed E-state index contributed by atoms with van der Waals surface area (Å²) < 4.78 is 6.29. The summed E-state index contributed by atoms with van der Waals surface area (Å²) in [6.45, 7) is 4.58. The second-order valence-electron chi connectivity index (χ2n) is 6.28. The summed E-state index contributed by atoms with van der Waals surface area (Å²) in [5.41, 5.74) is 1.77. The molecule has 8 heteroatoms. The molecule has 2 aromatic carbocycles. The number of halogens is 1. The van der Waals surface area contributed by atoms with Gasteiger partial charge in [0.05, 0.1) is 11.1 Å². The number of hydrogen-bond donors (Lipinski definition) is 3. The van der Waals surface area contributed by atoms with Crippen LogP contribution in [0.1, 0.15) is 43.5 Å². The Balaban J connectivity index is 1.96. The zero-order valence-corrected chi connectivity index (χ0v) is 18.8. The van der Waals surface area contributed by atoms with Crippen LogP contribution < -0.4 is 20.7 Å². The molecule has 29 heavy (non-hydrogen) atoms. The number of amides is 2. The highest BCUT2D eigenvalue weighted by molar-refractivity contribution is 9.10. The Morgan fingerprint density at radius 3 is 2.41 bits per heavy atom. The van der Waals surface area contributed by atoms with Gasteiger partial charge in [0.25, 0.3) is 5.91 Å². The maximum Gasteiger partial charge on any atom is 0.257 e. The predicted molar refractivity (Wildman–Crippen MR) is 124 cm³/mol. The lowest BCUT2D eigenvalue weighted by Gasteiger charge is -2.12. The average Bonchev–Trinajstić information content (AvgIpc) is 2.67. The average molecular weight is 478 g/mol. The van der Waals surface area contributed by atoms with Crippen molar-refractivity contribution in [3.05, 3.63) is 52.5 Å². The number of carbonyl (C=O) groups is 2. The Bertz CT molecular complexity index is 889. The van der Waals surface area contributed by atoms with Crippen molar-refractivity contribution in [3.63, 3.8) is 0 Å². The van der Waals surface area contributed by atoms with Crippen LogP contribution in [-0.2, 0) is 4.79 Å². The van der Waals surface area contributed by atoms with Gasteiger partial charge in [-0.3, -0.25) is 14.9 Å². The summed E-state index contributed by atoms with van der Waals surface area (Å²) in [7, 11) is 0. The highest BCUT2D eigenvalue weighted by atomic mass is 79.9. The molecule has 0 aliphatic heterocycles. The fourth-order valence-electron chi connectivity index (χ4n) is 2.43. The third kappa shape index (κ3) is 7.47. The number of thiocarbonyl (C=S) groups is 1. The Morgan fingerprint density at radius 1 is 1.03 bits per heavy atom. The minimum Gasteiger partial charge on any atom is -0.492 e. The van der Waals surface area contributed by atoms with Gasteiger partial charge in [-0.1, -0.05) is 19.9 Å². The van der Waals surface area contributed by atoms with Gasteiger partial charge in [0.15, 0.2) is 5.11 Å². The van der Waals surface area contributed by atoms with Crippen LogP contribution in [-0.4, -0.2) is 23.5 Å². The number of nitrogens with one attached hydrogen (secondary N) is 3. The van der Waals surface area contributed by atoms with Crippen molar-refractivity contribution < 1.29 is 14.3 Å². The zero-order valence-electron chi connectivity index (χ0n) is 16.4. The molecule has 0 aromatic heterocycles. The first-order valence-electron chi connectivity index (χ1n) is 9.37. The molecule has 0 aliphatic rings. The Hall–Kier alpha value is -2.45. The Morgan fingerprint density at radius 2 is 1.76 bits per heavy atom. The standard InChI is InChI=1S/C21H24BrN3O3S/c1-3-6-19(26)23-15-7-5-8-16(13-15)24-21(29)25-20(27)14-9-10-18(17(22)12-14)28-11-4-2/h5,7-10,12-13H,3-4,6,11H2,1-2H3,(H,23,26)(H2,24,25,27,29). The largest absolute Gasteiger partial charge is 0.492 e. The van der Waals surface area contributed by atoms with Gasteiger partial charge in [-0.25, -0.2) is 0 Å². The van der Waals surface area contributed by atoms with Crippen LogP contribution in [0.15, 0.2) is 46.9 Å². The Labute approximate surface area is 184 Å². The molecule has 0 radical (unpaired) electrons. The van der Waals surface area contributed by atoms with E-state index in [1.807, 2.05) is 13.8 Å². The van der Waals surface area contributed by atoms with E-state index in [1.54, 1.807) is 42.5 Å². The summed E-state index contributed by atoms with van der Waals surface area (Å²) >= 11 is 8.65. The number of benzene rings is 2. The van der Waals surface area contributed by atoms with E-state index in [0.29, 0.717) is 40.2 Å². The van der Waals surface area contributed by atoms with Crippen LogP contribution >= 0.6 is 28.1 Å². The van der Waals surface area contributed by atoms with Crippen LogP contribution in [0.4, 0.5) is 11.4 Å². The summed E-state index contributed by atoms with van der Waals surface area (Å²) in [4.78, 5) is 24.2. The number of anilines is 2. The van der Waals surface area contributed by atoms with E-state index in [4.69, 9.17) is 17.0 Å². The maximum absolute atomic E-state index is 12.4. The topological polar surface area (TPSA) is 79.5 Å². The first kappa shape index (κ1) is 22.8. The van der Waals surface area contributed by atoms with Crippen LogP contribution in [0.5, 0.6) is 5.75 Å². The molecular weight excluding hydrogens is 454 g/mol. The van der Waals surface area contributed by atoms with Gasteiger partial charge >= 0.3 is 0 Å². The van der Waals surface area contributed by atoms with E-state index < -0.39 is 0 Å². The molecule has 154 valence electrons. The molecular formula is C21H24BrN3O3S. The summed E-state index contributed by atoms with van der Waals surface area (Å²) in [5, 5.41) is 8.59. The lowest BCUT2D eigenvalue weighted by molar-refractivity contribution is -0.116. The molecule has 0 unspecified atom stereocenters. The molecule has 0 atom stereocenters. The molecule has 0 heterocycles. The van der Waals surface area contributed by atoms with Crippen LogP contribution in [0.3, 0.4) is 0 Å². The lowest BCUT2D eigenvalue weighted by atomic mass is 10.2. The van der Waals surface area contributed by atoms with Crippen LogP contribution in [0, 0.1) is 0 Å². The van der Waals surface area contributed by atoms with Crippen LogP contribution in [0.2, 0.25) is 0 Å². The van der Waals surface area contributed by atoms with E-state index in [-0.39, 0.29) is 16.9 Å². The third-order valence-corrected chi connectivity index (χ3v) is 4.59. The first-order chi connectivity index (χ1) is 13.9. The number of ether oxygens (including phenoxy) is 1. The molecule has 0 saturated heterocycles. The molecule has 0 fully saturated rings. The molecule has 2 rings (SSSR count). The summed E-state index contributed by atoms with van der Waals surface area (Å²) in [5.74, 6) is 0.307. The minimum absolute atomic E-state index is 0.0440. The third-order valence-electron chi connectivity index (χ3n) is 3.76. The molecule has 0 bridgehead atoms. The fraction of sp³-hybridized carbons (Fsp3) is 0.286. The van der Waals surface area contributed by atoms with Gasteiger partial charge in [0.1, 0.15) is 5.75 Å². The number of hydrogen-bond acceptors (Lipinski definition) is 4. The van der Waals surface area contributed by atoms with Crippen molar-refractivity contribution in [3.8, 4) is 5.75 Å². The smallest absolute Gasteiger partial charge is 0.257 e. The molecule has 2 amide bonds. The van der Waals surface area contributed by atoms with Crippen LogP contribution in [0.25, 0.3) is 0 Å². The van der Waals surface area contributed by atoms with E-state index in [0.717, 1.165) is 12.8 Å². The van der Waals surface area contributed by atoms with Gasteiger partial charge in [-0.15, -0.1) is 0 Å². The van der Waals surface area contributed by atoms with Gasteiger partial charge in [0.2, 0.25) is 5.91 Å². The van der Waals surface area contributed by atoms with Crippen molar-refractivity contribution in [2.24, 2.45) is 0 Å². The second-order valence-corrected chi connectivity index (χ2v) is 7.54. The van der Waals surface area contributed by atoms with E-state index in [2.05, 4.69) is 31.9 Å². The van der Waals surface area contributed by atoms with Crippen molar-refractivity contribution in [2.45, 2.75) is 33.1 Å². The number of carbonyl (C=O) groups excluding carboxylic acids is 2. The van der Waals surface area contributed by atoms with Crippen molar-refractivity contribution in [1.29, 1.82) is 0 Å². The van der Waals surface area contributed by atoms with E-state index in [1.165, 1.54) is 0 Å². The van der Waals surface area contributed by atoms with E-state index in [9.17, 15) is 9.59 Å². The lowest BCUT2D eigenvalue weighted by Crippen LogP contribution is -2.34. The molecule has 3 N–H and O–H groups in total. The quantitative estimate of drug-likeness (QED) is 0.460. The summed E-state index contributed by atoms with van der Waals surface area (Å²) in [6, 6.07) is 12.2. The van der Waals surface area contributed by atoms with Crippen molar-refractivity contribution in [2.75, 3.05) is 17.2 Å². The minimum atomic E-state index is -0.336. The van der Waals surface area contributed by atoms with Gasteiger partial charge in [-0.2, -0.15) is 0 Å². The monoisotopic (exact) mass is 477 g/mol. The Kier molecular flexibility index (Phi) is 9.08. The van der Waals surface area contributed by atoms with Gasteiger partial charge in [-0.05, 0) is 77.4 Å². The highest BCUT2D eigenvalue weighted by Crippen LogP contribution is 2.26. The molecule has 0 saturated carbocycles. The SMILES string of the molecule is CCCOc1ccc(C(=O)NC(=S)Nc2cccc(NC(=O)CCC)c2)cc1Br. The van der Waals surface area contributed by atoms with E-state index >= 15 is 0 Å². The first-order valence-corrected chi connectivity index (χ1v) is 10.6. The highest BCUT2D eigenvalue weighted by Gasteiger charge is 2.11. The van der Waals surface area contributed by atoms with Crippen molar-refractivity contribution >= 4 is 56.4 Å². The molecule has 6 nitrogen and oxygen atoms in total. The van der Waals surface area contributed by atoms with Crippen molar-refractivity contribution in [1.82, 2.24) is 5.32 Å². The van der Waals surface area contributed by atoms with Gasteiger partial charge in [0, 0.05) is 23.4 Å². The predicted octanol–water partition coefficient (Wildman–Crippen LogP) is 5.10. The normalized spacial score (nSPS) is 10.2.